The molecule has 8 nitrogen and oxygen atoms in total. The first kappa shape index (κ1) is 24.2. The molecule has 176 valence electrons. The third kappa shape index (κ3) is 6.29. The fourth-order valence-corrected chi connectivity index (χ4v) is 3.04. The maximum Gasteiger partial charge on any atom is 0.256 e. The zero-order valence-electron chi connectivity index (χ0n) is 19.6. The van der Waals surface area contributed by atoms with Gasteiger partial charge in [0.2, 0.25) is 0 Å². The average molecular weight is 461 g/mol. The van der Waals surface area contributed by atoms with Crippen molar-refractivity contribution < 1.29 is 19.1 Å². The second-order valence-corrected chi connectivity index (χ2v) is 7.37. The van der Waals surface area contributed by atoms with E-state index in [1.165, 1.54) is 0 Å². The van der Waals surface area contributed by atoms with Crippen LogP contribution in [0.25, 0.3) is 0 Å². The number of rotatable bonds is 6. The van der Waals surface area contributed by atoms with Crippen LogP contribution in [0.3, 0.4) is 0 Å². The molecule has 34 heavy (non-hydrogen) atoms. The van der Waals surface area contributed by atoms with Crippen molar-refractivity contribution in [2.24, 2.45) is 14.1 Å². The highest BCUT2D eigenvalue weighted by Crippen LogP contribution is 2.15. The van der Waals surface area contributed by atoms with Gasteiger partial charge in [-0.3, -0.25) is 9.59 Å². The molecular weight excluding hydrogens is 432 g/mol. The van der Waals surface area contributed by atoms with Crippen molar-refractivity contribution >= 4 is 23.5 Å². The van der Waals surface area contributed by atoms with Crippen LogP contribution in [0.15, 0.2) is 85.2 Å². The van der Waals surface area contributed by atoms with E-state index < -0.39 is 0 Å². The Morgan fingerprint density at radius 3 is 1.24 bits per heavy atom. The Kier molecular flexibility index (Phi) is 8.12. The van der Waals surface area contributed by atoms with E-state index in [4.69, 9.17) is 9.47 Å². The van der Waals surface area contributed by atoms with Gasteiger partial charge in [-0.15, -0.1) is 0 Å². The number of benzene rings is 2. The molecule has 0 saturated carbocycles. The molecule has 4 rings (SSSR count). The Hall–Kier alpha value is -4.46. The predicted molar refractivity (Wildman–Crippen MR) is 133 cm³/mol. The summed E-state index contributed by atoms with van der Waals surface area (Å²) in [5.74, 6) is 2.75. The van der Waals surface area contributed by atoms with Gasteiger partial charge in [0.15, 0.2) is 0 Å². The minimum Gasteiger partial charge on any atom is -0.497 e. The minimum absolute atomic E-state index is 0.130. The number of carbonyl (C=O) groups is 2. The first-order valence-corrected chi connectivity index (χ1v) is 10.5. The summed E-state index contributed by atoms with van der Waals surface area (Å²) in [6.45, 7) is 0. The van der Waals surface area contributed by atoms with Crippen LogP contribution in [0.5, 0.6) is 11.5 Å². The number of hydrogen-bond donors (Lipinski definition) is 2. The van der Waals surface area contributed by atoms with Gasteiger partial charge >= 0.3 is 0 Å². The molecule has 2 aromatic heterocycles. The van der Waals surface area contributed by atoms with Crippen LogP contribution in [-0.2, 0) is 14.1 Å². The summed E-state index contributed by atoms with van der Waals surface area (Å²) in [5, 5.41) is 5.65. The number of ether oxygens (including phenoxy) is 2. The lowest BCUT2D eigenvalue weighted by Gasteiger charge is -2.06. The van der Waals surface area contributed by atoms with Crippen molar-refractivity contribution in [3.05, 3.63) is 96.3 Å². The summed E-state index contributed by atoms with van der Waals surface area (Å²) < 4.78 is 13.8. The van der Waals surface area contributed by atoms with Crippen LogP contribution in [0, 0.1) is 0 Å². The maximum absolute atomic E-state index is 11.9. The first-order valence-electron chi connectivity index (χ1n) is 10.5. The number of nitrogens with one attached hydrogen (secondary N) is 2. The first-order chi connectivity index (χ1) is 16.4. The quantitative estimate of drug-likeness (QED) is 0.441. The molecule has 2 amide bonds. The molecule has 4 aromatic rings. The molecule has 0 aliphatic carbocycles. The van der Waals surface area contributed by atoms with E-state index in [0.29, 0.717) is 11.1 Å². The van der Waals surface area contributed by atoms with Gasteiger partial charge < -0.3 is 29.2 Å². The second-order valence-electron chi connectivity index (χ2n) is 7.37. The highest BCUT2D eigenvalue weighted by Gasteiger charge is 2.08. The van der Waals surface area contributed by atoms with Crippen molar-refractivity contribution in [2.45, 2.75) is 0 Å². The van der Waals surface area contributed by atoms with E-state index in [2.05, 4.69) is 10.6 Å². The molecule has 0 spiro atoms. The van der Waals surface area contributed by atoms with Crippen LogP contribution in [0.2, 0.25) is 0 Å². The zero-order chi connectivity index (χ0) is 24.5. The topological polar surface area (TPSA) is 86.5 Å². The number of amides is 2. The average Bonchev–Trinajstić information content (AvgIpc) is 3.46. The SMILES string of the molecule is COc1ccc(C(=O)Nc2cccn2C)cc1.COc1ccc(C(=O)Nc2cccn2C)cc1. The monoisotopic (exact) mass is 460 g/mol. The number of methoxy groups -OCH3 is 2. The van der Waals surface area contributed by atoms with E-state index in [-0.39, 0.29) is 11.8 Å². The van der Waals surface area contributed by atoms with Gasteiger partial charge in [-0.05, 0) is 72.8 Å². The summed E-state index contributed by atoms with van der Waals surface area (Å²) in [4.78, 5) is 23.8. The Morgan fingerprint density at radius 2 is 0.971 bits per heavy atom. The standard InChI is InChI=1S/2C13H14N2O2/c2*1-15-9-3-4-12(15)14-13(16)10-5-7-11(17-2)8-6-10/h2*3-9H,1-2H3,(H,14,16). The van der Waals surface area contributed by atoms with Gasteiger partial charge in [0.05, 0.1) is 14.2 Å². The largest absolute Gasteiger partial charge is 0.497 e. The van der Waals surface area contributed by atoms with E-state index in [0.717, 1.165) is 23.1 Å². The van der Waals surface area contributed by atoms with E-state index in [1.54, 1.807) is 62.8 Å². The van der Waals surface area contributed by atoms with Crippen LogP contribution < -0.4 is 20.1 Å². The number of anilines is 2. The van der Waals surface area contributed by atoms with Crippen LogP contribution in [0.1, 0.15) is 20.7 Å². The number of aromatic nitrogens is 2. The zero-order valence-corrected chi connectivity index (χ0v) is 19.6. The summed E-state index contributed by atoms with van der Waals surface area (Å²) >= 11 is 0. The molecule has 2 N–H and O–H groups in total. The predicted octanol–water partition coefficient (Wildman–Crippen LogP) is 4.57. The fraction of sp³-hybridized carbons (Fsp3) is 0.154. The van der Waals surface area contributed by atoms with Crippen molar-refractivity contribution in [2.75, 3.05) is 24.9 Å². The maximum atomic E-state index is 11.9. The number of nitrogens with zero attached hydrogens (tertiary/aromatic N) is 2. The number of carbonyl (C=O) groups excluding carboxylic acids is 2. The van der Waals surface area contributed by atoms with Gasteiger partial charge in [0.25, 0.3) is 11.8 Å². The molecule has 0 aliphatic heterocycles. The van der Waals surface area contributed by atoms with Gasteiger partial charge in [0.1, 0.15) is 23.1 Å². The van der Waals surface area contributed by atoms with Crippen LogP contribution >= 0.6 is 0 Å². The number of aryl methyl sites for hydroxylation is 2. The van der Waals surface area contributed by atoms with Crippen molar-refractivity contribution in [1.82, 2.24) is 9.13 Å². The highest BCUT2D eigenvalue weighted by molar-refractivity contribution is 6.04. The van der Waals surface area contributed by atoms with Crippen molar-refractivity contribution in [3.8, 4) is 11.5 Å². The van der Waals surface area contributed by atoms with Crippen LogP contribution in [-0.4, -0.2) is 35.2 Å². The third-order valence-corrected chi connectivity index (χ3v) is 5.08. The molecule has 0 atom stereocenters. The molecular formula is C26H28N4O4. The smallest absolute Gasteiger partial charge is 0.256 e. The fourth-order valence-electron chi connectivity index (χ4n) is 3.04. The van der Waals surface area contributed by atoms with E-state index in [1.807, 2.05) is 59.9 Å². The van der Waals surface area contributed by atoms with Gasteiger partial charge in [-0.25, -0.2) is 0 Å². The van der Waals surface area contributed by atoms with Crippen molar-refractivity contribution in [1.29, 1.82) is 0 Å². The highest BCUT2D eigenvalue weighted by atomic mass is 16.5. The normalized spacial score (nSPS) is 10.0. The lowest BCUT2D eigenvalue weighted by atomic mass is 10.2. The molecule has 0 aliphatic rings. The van der Waals surface area contributed by atoms with Crippen molar-refractivity contribution in [3.63, 3.8) is 0 Å². The molecule has 2 aromatic carbocycles. The van der Waals surface area contributed by atoms with E-state index in [9.17, 15) is 9.59 Å². The second kappa shape index (κ2) is 11.4. The Labute approximate surface area is 198 Å². The summed E-state index contributed by atoms with van der Waals surface area (Å²) in [6, 6.07) is 21.4. The number of hydrogen-bond acceptors (Lipinski definition) is 4. The third-order valence-electron chi connectivity index (χ3n) is 5.08. The minimum atomic E-state index is -0.130. The Balaban J connectivity index is 0.000000191. The summed E-state index contributed by atoms with van der Waals surface area (Å²) in [7, 11) is 6.95. The van der Waals surface area contributed by atoms with E-state index >= 15 is 0 Å². The molecule has 8 heteroatoms. The molecule has 0 bridgehead atoms. The van der Waals surface area contributed by atoms with Gasteiger partial charge in [0, 0.05) is 37.6 Å². The van der Waals surface area contributed by atoms with Gasteiger partial charge in [-0.1, -0.05) is 0 Å². The lowest BCUT2D eigenvalue weighted by molar-refractivity contribution is 0.101. The lowest BCUT2D eigenvalue weighted by Crippen LogP contribution is -2.13. The molecule has 0 saturated heterocycles. The molecule has 0 fully saturated rings. The Bertz CT molecular complexity index is 1130. The van der Waals surface area contributed by atoms with Gasteiger partial charge in [-0.2, -0.15) is 0 Å². The summed E-state index contributed by atoms with van der Waals surface area (Å²) in [5.41, 5.74) is 1.21. The molecule has 0 unspecified atom stereocenters. The Morgan fingerprint density at radius 1 is 0.618 bits per heavy atom. The molecule has 2 heterocycles. The van der Waals surface area contributed by atoms with Crippen LogP contribution in [0.4, 0.5) is 11.6 Å². The molecule has 0 radical (unpaired) electrons. The summed E-state index contributed by atoms with van der Waals surface area (Å²) in [6.07, 6.45) is 3.76.